The van der Waals surface area contributed by atoms with Crippen LogP contribution in [0.4, 0.5) is 0 Å². The number of Topliss-reactive ketones (excluding diaryl/α,β-unsaturated/α-hetero) is 1. The highest BCUT2D eigenvalue weighted by Crippen LogP contribution is 2.54. The van der Waals surface area contributed by atoms with Crippen LogP contribution < -0.4 is 0 Å². The second kappa shape index (κ2) is 6.30. The second-order valence-corrected chi connectivity index (χ2v) is 6.69. The third-order valence-corrected chi connectivity index (χ3v) is 5.34. The van der Waals surface area contributed by atoms with Gasteiger partial charge in [-0.15, -0.1) is 0 Å². The van der Waals surface area contributed by atoms with Gasteiger partial charge in [-0.1, -0.05) is 17.7 Å². The molecule has 2 rings (SSSR count). The molecule has 2 atom stereocenters. The number of hydrogen-bond acceptors (Lipinski definition) is 5. The highest BCUT2D eigenvalue weighted by atomic mass is 16.5. The number of rotatable bonds is 3. The summed E-state index contributed by atoms with van der Waals surface area (Å²) in [6.07, 6.45) is 1.92. The smallest absolute Gasteiger partial charge is 0.323 e. The summed E-state index contributed by atoms with van der Waals surface area (Å²) in [6, 6.07) is 0. The predicted octanol–water partition coefficient (Wildman–Crippen LogP) is 2.60. The van der Waals surface area contributed by atoms with E-state index in [2.05, 4.69) is 6.58 Å². The second-order valence-electron chi connectivity index (χ2n) is 6.69. The van der Waals surface area contributed by atoms with Gasteiger partial charge in [0.1, 0.15) is 0 Å². The number of ketones is 1. The Morgan fingerprint density at radius 3 is 2.17 bits per heavy atom. The van der Waals surface area contributed by atoms with Crippen molar-refractivity contribution in [3.63, 3.8) is 0 Å². The molecule has 0 heterocycles. The van der Waals surface area contributed by atoms with Crippen LogP contribution in [-0.4, -0.2) is 31.9 Å². The molecule has 0 aromatic carbocycles. The van der Waals surface area contributed by atoms with Crippen molar-refractivity contribution in [1.82, 2.24) is 0 Å². The average Bonchev–Trinajstić information content (AvgIpc) is 2.85. The minimum atomic E-state index is -1.25. The van der Waals surface area contributed by atoms with E-state index in [-0.39, 0.29) is 17.6 Å². The fourth-order valence-electron chi connectivity index (χ4n) is 4.17. The van der Waals surface area contributed by atoms with E-state index in [1.54, 1.807) is 6.92 Å². The Hall–Kier alpha value is -1.91. The maximum absolute atomic E-state index is 12.3. The highest BCUT2D eigenvalue weighted by molar-refractivity contribution is 6.00. The fourth-order valence-corrected chi connectivity index (χ4v) is 4.17. The van der Waals surface area contributed by atoms with Crippen molar-refractivity contribution in [3.8, 4) is 0 Å². The van der Waals surface area contributed by atoms with E-state index in [1.165, 1.54) is 14.2 Å². The Morgan fingerprint density at radius 1 is 1.13 bits per heavy atom. The van der Waals surface area contributed by atoms with E-state index in [4.69, 9.17) is 9.47 Å². The molecule has 0 saturated heterocycles. The number of carbonyl (C=O) groups is 3. The van der Waals surface area contributed by atoms with Crippen LogP contribution >= 0.6 is 0 Å². The molecule has 23 heavy (non-hydrogen) atoms. The zero-order valence-electron chi connectivity index (χ0n) is 14.2. The van der Waals surface area contributed by atoms with Gasteiger partial charge < -0.3 is 9.47 Å². The largest absolute Gasteiger partial charge is 0.468 e. The van der Waals surface area contributed by atoms with Crippen LogP contribution in [-0.2, 0) is 23.9 Å². The van der Waals surface area contributed by atoms with Crippen LogP contribution in [0, 0.1) is 17.3 Å². The molecule has 1 fully saturated rings. The van der Waals surface area contributed by atoms with E-state index < -0.39 is 17.4 Å². The summed E-state index contributed by atoms with van der Waals surface area (Å²) in [5.74, 6) is -0.911. The average molecular weight is 320 g/mol. The molecule has 2 aliphatic carbocycles. The molecule has 5 heteroatoms. The topological polar surface area (TPSA) is 69.7 Å². The van der Waals surface area contributed by atoms with E-state index in [9.17, 15) is 14.4 Å². The molecule has 2 aliphatic rings. The molecule has 5 nitrogen and oxygen atoms in total. The zero-order chi connectivity index (χ0) is 17.4. The van der Waals surface area contributed by atoms with Crippen molar-refractivity contribution in [2.45, 2.75) is 39.5 Å². The quantitative estimate of drug-likeness (QED) is 0.454. The Balaban J connectivity index is 2.40. The van der Waals surface area contributed by atoms with Crippen molar-refractivity contribution < 1.29 is 23.9 Å². The molecule has 0 aromatic heterocycles. The number of esters is 2. The molecule has 126 valence electrons. The Kier molecular flexibility index (Phi) is 4.78. The van der Waals surface area contributed by atoms with Gasteiger partial charge in [0.2, 0.25) is 0 Å². The first-order valence-corrected chi connectivity index (χ1v) is 7.81. The number of allylic oxidation sites excluding steroid dienone is 3. The lowest BCUT2D eigenvalue weighted by Gasteiger charge is -2.24. The summed E-state index contributed by atoms with van der Waals surface area (Å²) >= 11 is 0. The van der Waals surface area contributed by atoms with Gasteiger partial charge in [-0.3, -0.25) is 14.4 Å². The molecule has 0 amide bonds. The molecule has 1 saturated carbocycles. The lowest BCUT2D eigenvalue weighted by Crippen LogP contribution is -2.39. The number of carbonyl (C=O) groups excluding carboxylic acids is 3. The molecular formula is C18H24O5. The maximum atomic E-state index is 12.3. The monoisotopic (exact) mass is 320 g/mol. The van der Waals surface area contributed by atoms with E-state index in [1.807, 2.05) is 6.92 Å². The maximum Gasteiger partial charge on any atom is 0.323 e. The number of fused-ring (bicyclic) bond motifs is 1. The van der Waals surface area contributed by atoms with Gasteiger partial charge in [0.05, 0.1) is 14.2 Å². The van der Waals surface area contributed by atoms with Crippen LogP contribution in [0.25, 0.3) is 0 Å². The number of ether oxygens (including phenoxy) is 2. The molecule has 0 N–H and O–H groups in total. The minimum Gasteiger partial charge on any atom is -0.468 e. The Labute approximate surface area is 136 Å². The van der Waals surface area contributed by atoms with Crippen LogP contribution in [0.5, 0.6) is 0 Å². The van der Waals surface area contributed by atoms with Crippen molar-refractivity contribution in [2.75, 3.05) is 14.2 Å². The van der Waals surface area contributed by atoms with Crippen molar-refractivity contribution in [2.24, 2.45) is 17.3 Å². The van der Waals surface area contributed by atoms with Crippen molar-refractivity contribution in [1.29, 1.82) is 0 Å². The van der Waals surface area contributed by atoms with Crippen LogP contribution in [0.1, 0.15) is 39.5 Å². The molecule has 0 spiro atoms. The van der Waals surface area contributed by atoms with Gasteiger partial charge in [-0.2, -0.15) is 0 Å². The van der Waals surface area contributed by atoms with E-state index in [0.29, 0.717) is 25.7 Å². The fraction of sp³-hybridized carbons (Fsp3) is 0.611. The third kappa shape index (κ3) is 2.84. The lowest BCUT2D eigenvalue weighted by molar-refractivity contribution is -0.169. The van der Waals surface area contributed by atoms with Gasteiger partial charge >= 0.3 is 11.9 Å². The van der Waals surface area contributed by atoms with Gasteiger partial charge in [-0.05, 0) is 56.9 Å². The summed E-state index contributed by atoms with van der Waals surface area (Å²) in [5, 5.41) is 0. The van der Waals surface area contributed by atoms with Crippen molar-refractivity contribution in [3.05, 3.63) is 23.3 Å². The normalized spacial score (nSPS) is 26.3. The van der Waals surface area contributed by atoms with Crippen molar-refractivity contribution >= 4 is 17.7 Å². The van der Waals surface area contributed by atoms with E-state index in [0.717, 1.165) is 16.7 Å². The number of methoxy groups -OCH3 is 2. The summed E-state index contributed by atoms with van der Waals surface area (Å²) < 4.78 is 9.77. The van der Waals surface area contributed by atoms with Crippen LogP contribution in [0.2, 0.25) is 0 Å². The van der Waals surface area contributed by atoms with Crippen LogP contribution in [0.3, 0.4) is 0 Å². The summed E-state index contributed by atoms with van der Waals surface area (Å²) in [5.41, 5.74) is 1.49. The lowest BCUT2D eigenvalue weighted by atomic mass is 9.83. The molecule has 0 radical (unpaired) electrons. The van der Waals surface area contributed by atoms with Gasteiger partial charge in [-0.25, -0.2) is 0 Å². The summed E-state index contributed by atoms with van der Waals surface area (Å²) in [6.45, 7) is 7.65. The van der Waals surface area contributed by atoms with Gasteiger partial charge in [0.25, 0.3) is 0 Å². The zero-order valence-corrected chi connectivity index (χ0v) is 14.2. The molecular weight excluding hydrogens is 296 g/mol. The first-order chi connectivity index (χ1) is 10.8. The summed E-state index contributed by atoms with van der Waals surface area (Å²) in [4.78, 5) is 36.4. The number of hydrogen-bond donors (Lipinski definition) is 0. The SMILES string of the molecule is C=C1CC(C(C)=O)=C(C)CC2CC(C(=O)OC)(C(=O)OC)CC12. The Bertz CT molecular complexity index is 583. The summed E-state index contributed by atoms with van der Waals surface area (Å²) in [7, 11) is 2.57. The molecule has 0 aromatic rings. The first-order valence-electron chi connectivity index (χ1n) is 7.81. The molecule has 0 aliphatic heterocycles. The minimum absolute atomic E-state index is 0.0139. The Morgan fingerprint density at radius 2 is 1.70 bits per heavy atom. The van der Waals surface area contributed by atoms with Gasteiger partial charge in [0, 0.05) is 0 Å². The first kappa shape index (κ1) is 17.4. The highest BCUT2D eigenvalue weighted by Gasteiger charge is 2.57. The third-order valence-electron chi connectivity index (χ3n) is 5.34. The standard InChI is InChI=1S/C18H24O5/c1-10-6-13-8-18(16(20)22-4,17(21)23-5)9-15(13)11(2)7-14(10)12(3)19/h13,15H,2,6-9H2,1,3-5H3. The molecule has 0 bridgehead atoms. The van der Waals surface area contributed by atoms with Gasteiger partial charge in [0.15, 0.2) is 11.2 Å². The van der Waals surface area contributed by atoms with Crippen LogP contribution in [0.15, 0.2) is 23.3 Å². The van der Waals surface area contributed by atoms with E-state index >= 15 is 0 Å². The predicted molar refractivity (Wildman–Crippen MR) is 84.4 cm³/mol. The molecule has 2 unspecified atom stereocenters.